The summed E-state index contributed by atoms with van der Waals surface area (Å²) in [7, 11) is 1.72. The molecule has 100 valence electrons. The fraction of sp³-hybridized carbons (Fsp3) is 0.294. The summed E-state index contributed by atoms with van der Waals surface area (Å²) in [5, 5.41) is 2.48. The highest BCUT2D eigenvalue weighted by atomic mass is 16.5. The second-order valence-electron chi connectivity index (χ2n) is 4.42. The predicted molar refractivity (Wildman–Crippen MR) is 79.6 cm³/mol. The van der Waals surface area contributed by atoms with Crippen LogP contribution in [0.3, 0.4) is 0 Å². The van der Waals surface area contributed by atoms with Crippen LogP contribution in [-0.4, -0.2) is 13.7 Å². The average Bonchev–Trinajstić information content (AvgIpc) is 2.44. The van der Waals surface area contributed by atoms with E-state index >= 15 is 0 Å². The van der Waals surface area contributed by atoms with E-state index in [4.69, 9.17) is 9.47 Å². The van der Waals surface area contributed by atoms with Crippen LogP contribution >= 0.6 is 0 Å². The van der Waals surface area contributed by atoms with Gasteiger partial charge in [0.15, 0.2) is 0 Å². The lowest BCUT2D eigenvalue weighted by molar-refractivity contribution is 0.230. The van der Waals surface area contributed by atoms with Gasteiger partial charge in [0.25, 0.3) is 0 Å². The molecule has 0 fully saturated rings. The van der Waals surface area contributed by atoms with E-state index in [-0.39, 0.29) is 0 Å². The normalized spacial score (nSPS) is 11.6. The molecule has 0 saturated carbocycles. The van der Waals surface area contributed by atoms with Gasteiger partial charge < -0.3 is 9.47 Å². The third kappa shape index (κ3) is 3.08. The molecule has 2 aromatic carbocycles. The maximum Gasteiger partial charge on any atom is 0.123 e. The molecule has 0 unspecified atom stereocenters. The van der Waals surface area contributed by atoms with Gasteiger partial charge in [-0.05, 0) is 43.2 Å². The number of benzene rings is 2. The molecule has 0 saturated heterocycles. The summed E-state index contributed by atoms with van der Waals surface area (Å²) >= 11 is 0. The van der Waals surface area contributed by atoms with Crippen LogP contribution in [0.1, 0.15) is 19.4 Å². The molecule has 0 radical (unpaired) electrons. The summed E-state index contributed by atoms with van der Waals surface area (Å²) in [5.74, 6) is 1.89. The minimum absolute atomic E-state index is 0.703. The number of hydrogen-bond donors (Lipinski definition) is 0. The van der Waals surface area contributed by atoms with E-state index < -0.39 is 0 Å². The Balaban J connectivity index is 2.41. The number of methoxy groups -OCH3 is 1. The van der Waals surface area contributed by atoms with Crippen LogP contribution in [0.4, 0.5) is 0 Å². The number of fused-ring (bicyclic) bond motifs is 1. The Kier molecular flexibility index (Phi) is 4.45. The molecule has 19 heavy (non-hydrogen) atoms. The van der Waals surface area contributed by atoms with E-state index in [2.05, 4.69) is 36.4 Å². The maximum absolute atomic E-state index is 5.48. The lowest BCUT2D eigenvalue weighted by Crippen LogP contribution is -1.94. The molecule has 0 aromatic heterocycles. The summed E-state index contributed by atoms with van der Waals surface area (Å²) in [4.78, 5) is 0. The fourth-order valence-electron chi connectivity index (χ4n) is 2.25. The Bertz CT molecular complexity index is 585. The van der Waals surface area contributed by atoms with Crippen LogP contribution in [-0.2, 0) is 11.2 Å². The molecule has 0 atom stereocenters. The van der Waals surface area contributed by atoms with Gasteiger partial charge in [0.1, 0.15) is 5.75 Å². The van der Waals surface area contributed by atoms with Crippen molar-refractivity contribution < 1.29 is 9.47 Å². The van der Waals surface area contributed by atoms with Crippen molar-refractivity contribution in [3.63, 3.8) is 0 Å². The highest BCUT2D eigenvalue weighted by molar-refractivity contribution is 5.87. The molecule has 0 spiro atoms. The van der Waals surface area contributed by atoms with E-state index in [1.807, 2.05) is 19.9 Å². The van der Waals surface area contributed by atoms with Crippen LogP contribution < -0.4 is 4.74 Å². The van der Waals surface area contributed by atoms with Gasteiger partial charge in [-0.1, -0.05) is 30.3 Å². The summed E-state index contributed by atoms with van der Waals surface area (Å²) in [6.07, 6.45) is 2.92. The SMILES string of the molecule is CCO/C(C)=C/Cc1c(OC)ccc2ccccc12. The van der Waals surface area contributed by atoms with E-state index in [9.17, 15) is 0 Å². The molecular weight excluding hydrogens is 236 g/mol. The van der Waals surface area contributed by atoms with E-state index in [1.54, 1.807) is 7.11 Å². The van der Waals surface area contributed by atoms with E-state index in [1.165, 1.54) is 16.3 Å². The molecule has 0 amide bonds. The largest absolute Gasteiger partial charge is 0.499 e. The highest BCUT2D eigenvalue weighted by Gasteiger charge is 2.06. The van der Waals surface area contributed by atoms with Crippen molar-refractivity contribution in [1.82, 2.24) is 0 Å². The van der Waals surface area contributed by atoms with E-state index in [0.29, 0.717) is 6.61 Å². The van der Waals surface area contributed by atoms with Crippen molar-refractivity contribution >= 4 is 10.8 Å². The summed E-state index contributed by atoms with van der Waals surface area (Å²) in [6, 6.07) is 12.5. The molecule has 0 heterocycles. The highest BCUT2D eigenvalue weighted by Crippen LogP contribution is 2.28. The maximum atomic E-state index is 5.48. The van der Waals surface area contributed by atoms with E-state index in [0.717, 1.165) is 17.9 Å². The first-order valence-electron chi connectivity index (χ1n) is 6.60. The predicted octanol–water partition coefficient (Wildman–Crippen LogP) is 4.33. The van der Waals surface area contributed by atoms with Crippen molar-refractivity contribution in [2.24, 2.45) is 0 Å². The van der Waals surface area contributed by atoms with Gasteiger partial charge in [-0.25, -0.2) is 0 Å². The van der Waals surface area contributed by atoms with Crippen LogP contribution in [0, 0.1) is 0 Å². The molecule has 0 aliphatic rings. The number of allylic oxidation sites excluding steroid dienone is 2. The zero-order valence-electron chi connectivity index (χ0n) is 11.8. The lowest BCUT2D eigenvalue weighted by Gasteiger charge is -2.11. The first kappa shape index (κ1) is 13.5. The van der Waals surface area contributed by atoms with Crippen LogP contribution in [0.5, 0.6) is 5.75 Å². The van der Waals surface area contributed by atoms with Crippen molar-refractivity contribution in [2.75, 3.05) is 13.7 Å². The zero-order valence-corrected chi connectivity index (χ0v) is 11.8. The van der Waals surface area contributed by atoms with Crippen LogP contribution in [0.25, 0.3) is 10.8 Å². The van der Waals surface area contributed by atoms with Crippen LogP contribution in [0.2, 0.25) is 0 Å². The molecule has 0 bridgehead atoms. The van der Waals surface area contributed by atoms with Gasteiger partial charge >= 0.3 is 0 Å². The Labute approximate surface area is 114 Å². The fourth-order valence-corrected chi connectivity index (χ4v) is 2.25. The van der Waals surface area contributed by atoms with Crippen molar-refractivity contribution in [1.29, 1.82) is 0 Å². The minimum Gasteiger partial charge on any atom is -0.499 e. The molecular formula is C17H20O2. The third-order valence-corrected chi connectivity index (χ3v) is 3.18. The minimum atomic E-state index is 0.703. The summed E-state index contributed by atoms with van der Waals surface area (Å²) in [6.45, 7) is 4.69. The molecule has 2 heteroatoms. The third-order valence-electron chi connectivity index (χ3n) is 3.18. The Morgan fingerprint density at radius 2 is 1.95 bits per heavy atom. The summed E-state index contributed by atoms with van der Waals surface area (Å²) < 4.78 is 10.9. The average molecular weight is 256 g/mol. The van der Waals surface area contributed by atoms with Gasteiger partial charge in [0.05, 0.1) is 19.5 Å². The topological polar surface area (TPSA) is 18.5 Å². The quantitative estimate of drug-likeness (QED) is 0.741. The van der Waals surface area contributed by atoms with Gasteiger partial charge in [0.2, 0.25) is 0 Å². The first-order chi connectivity index (χ1) is 9.26. The van der Waals surface area contributed by atoms with Crippen molar-refractivity contribution in [2.45, 2.75) is 20.3 Å². The van der Waals surface area contributed by atoms with Gasteiger partial charge in [0, 0.05) is 5.56 Å². The molecule has 2 nitrogen and oxygen atoms in total. The van der Waals surface area contributed by atoms with Crippen molar-refractivity contribution in [3.8, 4) is 5.75 Å². The van der Waals surface area contributed by atoms with Gasteiger partial charge in [-0.15, -0.1) is 0 Å². The molecule has 2 aromatic rings. The smallest absolute Gasteiger partial charge is 0.123 e. The number of hydrogen-bond acceptors (Lipinski definition) is 2. The summed E-state index contributed by atoms with van der Waals surface area (Å²) in [5.41, 5.74) is 1.21. The monoisotopic (exact) mass is 256 g/mol. The molecule has 2 rings (SSSR count). The molecule has 0 aliphatic heterocycles. The lowest BCUT2D eigenvalue weighted by atomic mass is 10.0. The van der Waals surface area contributed by atoms with Gasteiger partial charge in [-0.2, -0.15) is 0 Å². The number of ether oxygens (including phenoxy) is 2. The first-order valence-corrected chi connectivity index (χ1v) is 6.60. The standard InChI is InChI=1S/C17H20O2/c1-4-19-13(2)9-11-16-15-8-6-5-7-14(15)10-12-17(16)18-3/h5-10,12H,4,11H2,1-3H3/b13-9+. The van der Waals surface area contributed by atoms with Crippen molar-refractivity contribution in [3.05, 3.63) is 53.8 Å². The Morgan fingerprint density at radius 3 is 2.68 bits per heavy atom. The number of rotatable bonds is 5. The van der Waals surface area contributed by atoms with Gasteiger partial charge in [-0.3, -0.25) is 0 Å². The second-order valence-corrected chi connectivity index (χ2v) is 4.42. The van der Waals surface area contributed by atoms with Crippen LogP contribution in [0.15, 0.2) is 48.2 Å². The second kappa shape index (κ2) is 6.28. The Morgan fingerprint density at radius 1 is 1.16 bits per heavy atom. The zero-order chi connectivity index (χ0) is 13.7. The molecule has 0 aliphatic carbocycles. The Hall–Kier alpha value is -1.96. The molecule has 0 N–H and O–H groups in total.